The highest BCUT2D eigenvalue weighted by molar-refractivity contribution is 6.31. The Morgan fingerprint density at radius 1 is 1.40 bits per heavy atom. The first-order valence-corrected chi connectivity index (χ1v) is 6.26. The quantitative estimate of drug-likeness (QED) is 0.696. The summed E-state index contributed by atoms with van der Waals surface area (Å²) >= 11 is 5.99. The predicted molar refractivity (Wildman–Crippen MR) is 74.4 cm³/mol. The van der Waals surface area contributed by atoms with Gasteiger partial charge in [-0.1, -0.05) is 11.6 Å². The maximum absolute atomic E-state index is 12.3. The maximum Gasteiger partial charge on any atom is 0.231 e. The number of methoxy groups -OCH3 is 1. The molecule has 6 heteroatoms. The van der Waals surface area contributed by atoms with E-state index in [9.17, 15) is 4.79 Å². The maximum atomic E-state index is 12.3. The Morgan fingerprint density at radius 3 is 2.85 bits per heavy atom. The molecule has 3 rings (SSSR count). The van der Waals surface area contributed by atoms with Gasteiger partial charge < -0.3 is 9.15 Å². The lowest BCUT2D eigenvalue weighted by Crippen LogP contribution is -1.97. The molecule has 2 heterocycles. The third kappa shape index (κ3) is 2.06. The minimum atomic E-state index is -0.229. The van der Waals surface area contributed by atoms with Crippen LogP contribution in [0, 0.1) is 0 Å². The second kappa shape index (κ2) is 4.68. The molecule has 0 N–H and O–H groups in total. The molecule has 0 amide bonds. The van der Waals surface area contributed by atoms with Gasteiger partial charge >= 0.3 is 0 Å². The number of furan rings is 1. The molecule has 0 fully saturated rings. The molecule has 2 aromatic heterocycles. The van der Waals surface area contributed by atoms with Gasteiger partial charge in [0.15, 0.2) is 17.1 Å². The van der Waals surface area contributed by atoms with Crippen molar-refractivity contribution in [1.29, 1.82) is 0 Å². The highest BCUT2D eigenvalue weighted by atomic mass is 35.5. The summed E-state index contributed by atoms with van der Waals surface area (Å²) in [6.07, 6.45) is 3.14. The Labute approximate surface area is 119 Å². The van der Waals surface area contributed by atoms with E-state index in [1.165, 1.54) is 13.3 Å². The molecule has 0 atom stereocenters. The van der Waals surface area contributed by atoms with E-state index in [1.807, 2.05) is 0 Å². The zero-order valence-electron chi connectivity index (χ0n) is 10.9. The van der Waals surface area contributed by atoms with Crippen LogP contribution in [0.5, 0.6) is 5.75 Å². The van der Waals surface area contributed by atoms with Crippen LogP contribution in [0.25, 0.3) is 11.0 Å². The molecule has 0 aliphatic carbocycles. The van der Waals surface area contributed by atoms with Gasteiger partial charge in [0.25, 0.3) is 0 Å². The van der Waals surface area contributed by atoms with Crippen LogP contribution in [0.3, 0.4) is 0 Å². The monoisotopic (exact) mass is 290 g/mol. The van der Waals surface area contributed by atoms with Crippen LogP contribution in [-0.2, 0) is 7.05 Å². The van der Waals surface area contributed by atoms with E-state index in [-0.39, 0.29) is 11.5 Å². The standard InChI is InChI=1S/C14H11ClN2O3/c1-17-7-9(6-16-17)13(18)11-4-8-3-10(15)5-12(19-2)14(8)20-11/h3-7H,1-2H3. The van der Waals surface area contributed by atoms with Crippen molar-refractivity contribution in [3.05, 3.63) is 46.9 Å². The second-order valence-corrected chi connectivity index (χ2v) is 4.81. The van der Waals surface area contributed by atoms with Gasteiger partial charge in [0.1, 0.15) is 0 Å². The van der Waals surface area contributed by atoms with Crippen molar-refractivity contribution in [1.82, 2.24) is 9.78 Å². The van der Waals surface area contributed by atoms with Crippen LogP contribution in [0.15, 0.2) is 35.0 Å². The van der Waals surface area contributed by atoms with Crippen LogP contribution >= 0.6 is 11.6 Å². The van der Waals surface area contributed by atoms with Crippen molar-refractivity contribution >= 4 is 28.4 Å². The number of ether oxygens (including phenoxy) is 1. The van der Waals surface area contributed by atoms with Gasteiger partial charge in [-0.3, -0.25) is 9.48 Å². The average molecular weight is 291 g/mol. The van der Waals surface area contributed by atoms with E-state index < -0.39 is 0 Å². The third-order valence-corrected chi connectivity index (χ3v) is 3.18. The van der Waals surface area contributed by atoms with E-state index >= 15 is 0 Å². The summed E-state index contributed by atoms with van der Waals surface area (Å²) < 4.78 is 12.4. The number of aryl methyl sites for hydroxylation is 1. The van der Waals surface area contributed by atoms with Crippen LogP contribution in [0.4, 0.5) is 0 Å². The van der Waals surface area contributed by atoms with Gasteiger partial charge in [-0.05, 0) is 12.1 Å². The first-order chi connectivity index (χ1) is 9.58. The fourth-order valence-electron chi connectivity index (χ4n) is 2.03. The zero-order valence-corrected chi connectivity index (χ0v) is 11.6. The number of nitrogens with zero attached hydrogens (tertiary/aromatic N) is 2. The highest BCUT2D eigenvalue weighted by Crippen LogP contribution is 2.32. The summed E-state index contributed by atoms with van der Waals surface area (Å²) in [7, 11) is 3.27. The number of hydrogen-bond donors (Lipinski definition) is 0. The summed E-state index contributed by atoms with van der Waals surface area (Å²) in [6, 6.07) is 5.02. The van der Waals surface area contributed by atoms with Crippen LogP contribution in [0.1, 0.15) is 16.1 Å². The number of halogens is 1. The van der Waals surface area contributed by atoms with Crippen LogP contribution < -0.4 is 4.74 Å². The number of carbonyl (C=O) groups excluding carboxylic acids is 1. The molecule has 0 spiro atoms. The molecule has 5 nitrogen and oxygen atoms in total. The van der Waals surface area contributed by atoms with Gasteiger partial charge in [-0.2, -0.15) is 5.10 Å². The molecule has 0 saturated heterocycles. The van der Waals surface area contributed by atoms with Crippen molar-refractivity contribution in [3.8, 4) is 5.75 Å². The van der Waals surface area contributed by atoms with E-state index in [1.54, 1.807) is 36.1 Å². The minimum absolute atomic E-state index is 0.229. The van der Waals surface area contributed by atoms with Gasteiger partial charge in [-0.25, -0.2) is 0 Å². The predicted octanol–water partition coefficient (Wildman–Crippen LogP) is 3.06. The molecule has 0 aliphatic heterocycles. The smallest absolute Gasteiger partial charge is 0.231 e. The Bertz CT molecular complexity index is 804. The number of ketones is 1. The van der Waals surface area contributed by atoms with E-state index in [4.69, 9.17) is 20.8 Å². The molecule has 0 saturated carbocycles. The topological polar surface area (TPSA) is 57.3 Å². The van der Waals surface area contributed by atoms with Gasteiger partial charge in [0.05, 0.1) is 18.9 Å². The highest BCUT2D eigenvalue weighted by Gasteiger charge is 2.18. The van der Waals surface area contributed by atoms with Crippen LogP contribution in [0.2, 0.25) is 5.02 Å². The number of rotatable bonds is 3. The lowest BCUT2D eigenvalue weighted by atomic mass is 10.1. The van der Waals surface area contributed by atoms with E-state index in [0.717, 1.165) is 5.39 Å². The average Bonchev–Trinajstić information content (AvgIpc) is 3.02. The summed E-state index contributed by atoms with van der Waals surface area (Å²) in [5, 5.41) is 5.22. The number of fused-ring (bicyclic) bond motifs is 1. The van der Waals surface area contributed by atoms with Crippen molar-refractivity contribution in [3.63, 3.8) is 0 Å². The Morgan fingerprint density at radius 2 is 2.20 bits per heavy atom. The fourth-order valence-corrected chi connectivity index (χ4v) is 2.25. The first kappa shape index (κ1) is 12.7. The van der Waals surface area contributed by atoms with Gasteiger partial charge in [-0.15, -0.1) is 0 Å². The number of carbonyl (C=O) groups is 1. The lowest BCUT2D eigenvalue weighted by Gasteiger charge is -2.00. The summed E-state index contributed by atoms with van der Waals surface area (Å²) in [4.78, 5) is 12.3. The van der Waals surface area contributed by atoms with Crippen molar-refractivity contribution in [2.45, 2.75) is 0 Å². The first-order valence-electron chi connectivity index (χ1n) is 5.89. The minimum Gasteiger partial charge on any atom is -0.493 e. The SMILES string of the molecule is COc1cc(Cl)cc2cc(C(=O)c3cnn(C)c3)oc12. The largest absolute Gasteiger partial charge is 0.493 e. The molecular formula is C14H11ClN2O3. The normalized spacial score (nSPS) is 10.9. The summed E-state index contributed by atoms with van der Waals surface area (Å²) in [5.74, 6) is 0.499. The number of hydrogen-bond acceptors (Lipinski definition) is 4. The van der Waals surface area contributed by atoms with Crippen molar-refractivity contribution in [2.24, 2.45) is 7.05 Å². The summed E-state index contributed by atoms with van der Waals surface area (Å²) in [5.41, 5.74) is 0.973. The van der Waals surface area contributed by atoms with Gasteiger partial charge in [0, 0.05) is 29.7 Å². The third-order valence-electron chi connectivity index (χ3n) is 2.96. The molecule has 0 aliphatic rings. The summed E-state index contributed by atoms with van der Waals surface area (Å²) in [6.45, 7) is 0. The molecule has 3 aromatic rings. The molecule has 20 heavy (non-hydrogen) atoms. The Kier molecular flexibility index (Phi) is 2.99. The van der Waals surface area contributed by atoms with Gasteiger partial charge in [0.2, 0.25) is 5.78 Å². The van der Waals surface area contributed by atoms with E-state index in [0.29, 0.717) is 21.9 Å². The Hall–Kier alpha value is -2.27. The van der Waals surface area contributed by atoms with E-state index in [2.05, 4.69) is 5.10 Å². The van der Waals surface area contributed by atoms with Crippen LogP contribution in [-0.4, -0.2) is 22.7 Å². The molecular weight excluding hydrogens is 280 g/mol. The number of aromatic nitrogens is 2. The Balaban J connectivity index is 2.11. The second-order valence-electron chi connectivity index (χ2n) is 4.37. The number of benzene rings is 1. The molecule has 0 radical (unpaired) electrons. The molecule has 0 bridgehead atoms. The van der Waals surface area contributed by atoms with Crippen molar-refractivity contribution < 1.29 is 13.9 Å². The van der Waals surface area contributed by atoms with Crippen molar-refractivity contribution in [2.75, 3.05) is 7.11 Å². The lowest BCUT2D eigenvalue weighted by molar-refractivity contribution is 0.101. The molecule has 0 unspecified atom stereocenters. The molecule has 1 aromatic carbocycles. The molecule has 102 valence electrons. The fraction of sp³-hybridized carbons (Fsp3) is 0.143. The zero-order chi connectivity index (χ0) is 14.3.